The van der Waals surface area contributed by atoms with E-state index in [4.69, 9.17) is 4.74 Å². The van der Waals surface area contributed by atoms with Crippen LogP contribution >= 0.6 is 11.3 Å². The van der Waals surface area contributed by atoms with Gasteiger partial charge in [0.05, 0.1) is 11.7 Å². The molecule has 0 aliphatic carbocycles. The number of rotatable bonds is 7. The van der Waals surface area contributed by atoms with Crippen molar-refractivity contribution in [3.05, 3.63) is 76.5 Å². The molecule has 1 N–H and O–H groups in total. The third kappa shape index (κ3) is 5.43. The summed E-state index contributed by atoms with van der Waals surface area (Å²) in [6.07, 6.45) is 5.77. The van der Waals surface area contributed by atoms with Crippen LogP contribution in [0, 0.1) is 0 Å². The van der Waals surface area contributed by atoms with Crippen LogP contribution in [0.3, 0.4) is 0 Å². The first kappa shape index (κ1) is 20.5. The molecule has 0 spiro atoms. The van der Waals surface area contributed by atoms with Crippen LogP contribution in [0.25, 0.3) is 0 Å². The maximum Gasteiger partial charge on any atom is 0.251 e. The van der Waals surface area contributed by atoms with Crippen LogP contribution < -0.4 is 10.1 Å². The van der Waals surface area contributed by atoms with E-state index >= 15 is 0 Å². The molecule has 6 nitrogen and oxygen atoms in total. The molecule has 1 aliphatic rings. The van der Waals surface area contributed by atoms with Gasteiger partial charge in [-0.3, -0.25) is 14.7 Å². The number of benzene rings is 1. The van der Waals surface area contributed by atoms with Crippen molar-refractivity contribution in [2.24, 2.45) is 0 Å². The number of carbonyl (C=O) groups excluding carboxylic acids is 1. The van der Waals surface area contributed by atoms with E-state index < -0.39 is 0 Å². The Morgan fingerprint density at radius 1 is 1.17 bits per heavy atom. The lowest BCUT2D eigenvalue weighted by molar-refractivity contribution is 0.0937. The zero-order chi connectivity index (χ0) is 20.8. The normalized spacial score (nSPS) is 16.2. The minimum Gasteiger partial charge on any atom is -0.490 e. The molecular weight excluding hydrogens is 396 g/mol. The largest absolute Gasteiger partial charge is 0.490 e. The molecule has 0 bridgehead atoms. The molecule has 30 heavy (non-hydrogen) atoms. The minimum absolute atomic E-state index is 0.105. The molecule has 1 amide bonds. The summed E-state index contributed by atoms with van der Waals surface area (Å²) in [7, 11) is 0. The highest BCUT2D eigenvalue weighted by Gasteiger charge is 2.21. The Labute approximate surface area is 180 Å². The van der Waals surface area contributed by atoms with Crippen molar-refractivity contribution in [1.29, 1.82) is 0 Å². The van der Waals surface area contributed by atoms with Crippen molar-refractivity contribution in [2.45, 2.75) is 38.5 Å². The number of aromatic nitrogens is 2. The Morgan fingerprint density at radius 2 is 1.97 bits per heavy atom. The van der Waals surface area contributed by atoms with Crippen molar-refractivity contribution in [3.8, 4) is 5.75 Å². The van der Waals surface area contributed by atoms with Crippen molar-refractivity contribution in [2.75, 3.05) is 13.1 Å². The standard InChI is InChI=1S/C23H26N4O2S/c1-17(23-25-12-15-30-23)26-22(28)18-5-7-20(8-6-18)29-21-9-13-27(14-10-21)16-19-4-2-3-11-24-19/h2-8,11-12,15,17,21H,9-10,13-14,16H2,1H3,(H,26,28)/t17-/m0/s1. The first-order valence-electron chi connectivity index (χ1n) is 10.3. The molecule has 3 heterocycles. The zero-order valence-corrected chi connectivity index (χ0v) is 17.8. The van der Waals surface area contributed by atoms with E-state index in [1.54, 1.807) is 6.20 Å². The number of nitrogens with zero attached hydrogens (tertiary/aromatic N) is 3. The maximum absolute atomic E-state index is 12.5. The molecule has 1 saturated heterocycles. The van der Waals surface area contributed by atoms with Crippen LogP contribution in [0.1, 0.15) is 46.9 Å². The van der Waals surface area contributed by atoms with Crippen LogP contribution in [-0.2, 0) is 6.54 Å². The minimum atomic E-state index is -0.107. The Bertz CT molecular complexity index is 924. The summed E-state index contributed by atoms with van der Waals surface area (Å²) >= 11 is 1.54. The Balaban J connectivity index is 1.24. The molecule has 0 radical (unpaired) electrons. The topological polar surface area (TPSA) is 67.3 Å². The SMILES string of the molecule is C[C@H](NC(=O)c1ccc(OC2CCN(Cc3ccccn3)CC2)cc1)c1nccs1. The highest BCUT2D eigenvalue weighted by atomic mass is 32.1. The van der Waals surface area contributed by atoms with Gasteiger partial charge in [-0.1, -0.05) is 6.07 Å². The van der Waals surface area contributed by atoms with Gasteiger partial charge in [0.25, 0.3) is 5.91 Å². The summed E-state index contributed by atoms with van der Waals surface area (Å²) in [5, 5.41) is 5.79. The van der Waals surface area contributed by atoms with Gasteiger partial charge in [0.15, 0.2) is 0 Å². The molecule has 1 aromatic carbocycles. The quantitative estimate of drug-likeness (QED) is 0.622. The van der Waals surface area contributed by atoms with E-state index in [1.165, 1.54) is 11.3 Å². The Kier molecular flexibility index (Phi) is 6.71. The lowest BCUT2D eigenvalue weighted by Crippen LogP contribution is -2.37. The smallest absolute Gasteiger partial charge is 0.251 e. The van der Waals surface area contributed by atoms with E-state index in [2.05, 4.69) is 26.3 Å². The van der Waals surface area contributed by atoms with Crippen LogP contribution in [0.4, 0.5) is 0 Å². The summed E-state index contributed by atoms with van der Waals surface area (Å²) in [4.78, 5) is 23.5. The summed E-state index contributed by atoms with van der Waals surface area (Å²) < 4.78 is 6.15. The molecule has 7 heteroatoms. The molecule has 1 atom stereocenters. The summed E-state index contributed by atoms with van der Waals surface area (Å²) in [5.74, 6) is 0.703. The number of pyridine rings is 1. The van der Waals surface area contributed by atoms with Gasteiger partial charge in [-0.05, 0) is 56.2 Å². The predicted octanol–water partition coefficient (Wildman–Crippen LogP) is 4.07. The number of hydrogen-bond donors (Lipinski definition) is 1. The second-order valence-electron chi connectivity index (χ2n) is 7.50. The van der Waals surface area contributed by atoms with Crippen LogP contribution in [0.15, 0.2) is 60.2 Å². The fourth-order valence-corrected chi connectivity index (χ4v) is 4.22. The molecule has 1 aliphatic heterocycles. The molecule has 156 valence electrons. The second-order valence-corrected chi connectivity index (χ2v) is 8.43. The monoisotopic (exact) mass is 422 g/mol. The average molecular weight is 423 g/mol. The maximum atomic E-state index is 12.5. The second kappa shape index (κ2) is 9.82. The van der Waals surface area contributed by atoms with E-state index in [9.17, 15) is 4.79 Å². The van der Waals surface area contributed by atoms with Crippen LogP contribution in [0.2, 0.25) is 0 Å². The van der Waals surface area contributed by atoms with Crippen LogP contribution in [0.5, 0.6) is 5.75 Å². The van der Waals surface area contributed by atoms with E-state index in [-0.39, 0.29) is 18.1 Å². The number of hydrogen-bond acceptors (Lipinski definition) is 6. The molecule has 0 unspecified atom stereocenters. The summed E-state index contributed by atoms with van der Waals surface area (Å²) in [5.41, 5.74) is 1.73. The molecule has 2 aromatic heterocycles. The van der Waals surface area contributed by atoms with Gasteiger partial charge in [-0.15, -0.1) is 11.3 Å². The molecule has 4 rings (SSSR count). The lowest BCUT2D eigenvalue weighted by atomic mass is 10.1. The van der Waals surface area contributed by atoms with Crippen molar-refractivity contribution >= 4 is 17.2 Å². The predicted molar refractivity (Wildman–Crippen MR) is 118 cm³/mol. The number of thiazole rings is 1. The molecule has 3 aromatic rings. The highest BCUT2D eigenvalue weighted by Crippen LogP contribution is 2.21. The fourth-order valence-electron chi connectivity index (χ4n) is 3.57. The number of carbonyl (C=O) groups is 1. The summed E-state index contributed by atoms with van der Waals surface area (Å²) in [6.45, 7) is 4.82. The van der Waals surface area contributed by atoms with Crippen molar-refractivity contribution < 1.29 is 9.53 Å². The molecule has 0 saturated carbocycles. The Hall–Kier alpha value is -2.77. The zero-order valence-electron chi connectivity index (χ0n) is 17.0. The van der Waals surface area contributed by atoms with Gasteiger partial charge >= 0.3 is 0 Å². The first-order chi connectivity index (χ1) is 14.7. The van der Waals surface area contributed by atoms with Gasteiger partial charge in [0, 0.05) is 43.0 Å². The van der Waals surface area contributed by atoms with E-state index in [0.29, 0.717) is 5.56 Å². The van der Waals surface area contributed by atoms with Gasteiger partial charge in [-0.2, -0.15) is 0 Å². The van der Waals surface area contributed by atoms with Gasteiger partial charge < -0.3 is 10.1 Å². The average Bonchev–Trinajstić information content (AvgIpc) is 3.32. The van der Waals surface area contributed by atoms with E-state index in [1.807, 2.05) is 54.9 Å². The van der Waals surface area contributed by atoms with E-state index in [0.717, 1.165) is 48.9 Å². The van der Waals surface area contributed by atoms with Gasteiger partial charge in [0.2, 0.25) is 0 Å². The van der Waals surface area contributed by atoms with Gasteiger partial charge in [0.1, 0.15) is 16.9 Å². The Morgan fingerprint density at radius 3 is 2.63 bits per heavy atom. The van der Waals surface area contributed by atoms with Crippen LogP contribution in [-0.4, -0.2) is 40.0 Å². The number of amides is 1. The third-order valence-corrected chi connectivity index (χ3v) is 6.19. The number of ether oxygens (including phenoxy) is 1. The number of piperidine rings is 1. The molecular formula is C23H26N4O2S. The number of nitrogens with one attached hydrogen (secondary N) is 1. The third-order valence-electron chi connectivity index (χ3n) is 5.24. The van der Waals surface area contributed by atoms with Crippen molar-refractivity contribution in [3.63, 3.8) is 0 Å². The molecule has 1 fully saturated rings. The summed E-state index contributed by atoms with van der Waals surface area (Å²) in [6, 6.07) is 13.3. The fraction of sp³-hybridized carbons (Fsp3) is 0.348. The highest BCUT2D eigenvalue weighted by molar-refractivity contribution is 7.09. The number of likely N-dealkylation sites (tertiary alicyclic amines) is 1. The van der Waals surface area contributed by atoms with Crippen molar-refractivity contribution in [1.82, 2.24) is 20.2 Å². The van der Waals surface area contributed by atoms with Gasteiger partial charge in [-0.25, -0.2) is 4.98 Å². The first-order valence-corrected chi connectivity index (χ1v) is 11.1. The lowest BCUT2D eigenvalue weighted by Gasteiger charge is -2.31.